The van der Waals surface area contributed by atoms with Crippen molar-refractivity contribution in [2.24, 2.45) is 0 Å². The standard InChI is InChI=1S/C18H24N2O4S2/c1-5-20(14-15-9-11-16(12-10-15)19(2)3)26(23,24)18-8-6-7-17(13-18)25(4,21)22/h6-13H,5,14H2,1-4H3. The predicted molar refractivity (Wildman–Crippen MR) is 104 cm³/mol. The summed E-state index contributed by atoms with van der Waals surface area (Å²) >= 11 is 0. The third-order valence-electron chi connectivity index (χ3n) is 4.04. The summed E-state index contributed by atoms with van der Waals surface area (Å²) in [6.45, 7) is 2.25. The Hall–Kier alpha value is -1.90. The first-order valence-corrected chi connectivity index (χ1v) is 11.5. The van der Waals surface area contributed by atoms with Gasteiger partial charge in [0.15, 0.2) is 9.84 Å². The van der Waals surface area contributed by atoms with Crippen LogP contribution in [0.4, 0.5) is 5.69 Å². The Labute approximate surface area is 156 Å². The normalized spacial score (nSPS) is 12.3. The first-order chi connectivity index (χ1) is 12.1. The van der Waals surface area contributed by atoms with Gasteiger partial charge in [-0.2, -0.15) is 4.31 Å². The molecule has 0 radical (unpaired) electrons. The molecule has 2 rings (SSSR count). The van der Waals surface area contributed by atoms with E-state index >= 15 is 0 Å². The van der Waals surface area contributed by atoms with Crippen LogP contribution in [0, 0.1) is 0 Å². The summed E-state index contributed by atoms with van der Waals surface area (Å²) in [6.07, 6.45) is 1.06. The summed E-state index contributed by atoms with van der Waals surface area (Å²) < 4.78 is 50.7. The SMILES string of the molecule is CCN(Cc1ccc(N(C)C)cc1)S(=O)(=O)c1cccc(S(C)(=O)=O)c1. The molecule has 0 aliphatic rings. The molecule has 0 bridgehead atoms. The Balaban J connectivity index is 2.33. The molecule has 0 fully saturated rings. The lowest BCUT2D eigenvalue weighted by Gasteiger charge is -2.21. The smallest absolute Gasteiger partial charge is 0.243 e. The molecule has 0 spiro atoms. The van der Waals surface area contributed by atoms with Crippen LogP contribution in [0.1, 0.15) is 12.5 Å². The number of sulfone groups is 1. The molecule has 0 heterocycles. The van der Waals surface area contributed by atoms with Crippen molar-refractivity contribution in [3.8, 4) is 0 Å². The van der Waals surface area contributed by atoms with Gasteiger partial charge in [-0.3, -0.25) is 0 Å². The van der Waals surface area contributed by atoms with E-state index in [2.05, 4.69) is 0 Å². The lowest BCUT2D eigenvalue weighted by atomic mass is 10.2. The topological polar surface area (TPSA) is 74.8 Å². The molecular weight excluding hydrogens is 372 g/mol. The second-order valence-electron chi connectivity index (χ2n) is 6.24. The van der Waals surface area contributed by atoms with Crippen LogP contribution >= 0.6 is 0 Å². The zero-order valence-corrected chi connectivity index (χ0v) is 17.0. The Morgan fingerprint density at radius 2 is 1.46 bits per heavy atom. The Morgan fingerprint density at radius 3 is 1.96 bits per heavy atom. The molecule has 142 valence electrons. The van der Waals surface area contributed by atoms with Crippen LogP contribution in [0.5, 0.6) is 0 Å². The van der Waals surface area contributed by atoms with E-state index in [-0.39, 0.29) is 22.9 Å². The van der Waals surface area contributed by atoms with Gasteiger partial charge in [0.25, 0.3) is 0 Å². The summed E-state index contributed by atoms with van der Waals surface area (Å²) in [5.74, 6) is 0. The van der Waals surface area contributed by atoms with Crippen LogP contribution in [0.3, 0.4) is 0 Å². The Morgan fingerprint density at radius 1 is 0.885 bits per heavy atom. The number of sulfonamides is 1. The van der Waals surface area contributed by atoms with Crippen molar-refractivity contribution in [3.05, 3.63) is 54.1 Å². The van der Waals surface area contributed by atoms with Crippen LogP contribution < -0.4 is 4.90 Å². The minimum Gasteiger partial charge on any atom is -0.378 e. The maximum Gasteiger partial charge on any atom is 0.243 e. The monoisotopic (exact) mass is 396 g/mol. The fourth-order valence-corrected chi connectivity index (χ4v) is 4.71. The largest absolute Gasteiger partial charge is 0.378 e. The van der Waals surface area contributed by atoms with Crippen LogP contribution in [0.15, 0.2) is 58.3 Å². The second kappa shape index (κ2) is 7.77. The van der Waals surface area contributed by atoms with Gasteiger partial charge in [0.05, 0.1) is 9.79 Å². The predicted octanol–water partition coefficient (Wildman–Crippen LogP) is 2.37. The molecule has 0 N–H and O–H groups in total. The van der Waals surface area contributed by atoms with Crippen molar-refractivity contribution in [1.82, 2.24) is 4.31 Å². The summed E-state index contributed by atoms with van der Waals surface area (Å²) in [5, 5.41) is 0. The molecule has 6 nitrogen and oxygen atoms in total. The maximum absolute atomic E-state index is 12.9. The first kappa shape index (κ1) is 20.4. The molecule has 0 saturated heterocycles. The number of rotatable bonds is 7. The molecule has 0 aliphatic carbocycles. The van der Waals surface area contributed by atoms with Gasteiger partial charge in [0, 0.05) is 39.1 Å². The Bertz CT molecular complexity index is 967. The van der Waals surface area contributed by atoms with E-state index < -0.39 is 19.9 Å². The summed E-state index contributed by atoms with van der Waals surface area (Å²) in [5.41, 5.74) is 1.89. The molecule has 8 heteroatoms. The highest BCUT2D eigenvalue weighted by atomic mass is 32.2. The number of hydrogen-bond donors (Lipinski definition) is 0. The first-order valence-electron chi connectivity index (χ1n) is 8.12. The summed E-state index contributed by atoms with van der Waals surface area (Å²) in [4.78, 5) is 1.94. The average Bonchev–Trinajstić information content (AvgIpc) is 2.59. The molecule has 2 aromatic carbocycles. The van der Waals surface area contributed by atoms with Gasteiger partial charge >= 0.3 is 0 Å². The molecule has 0 aliphatic heterocycles. The van der Waals surface area contributed by atoms with Crippen molar-refractivity contribution < 1.29 is 16.8 Å². The molecule has 26 heavy (non-hydrogen) atoms. The molecule has 0 aromatic heterocycles. The summed E-state index contributed by atoms with van der Waals surface area (Å²) in [6, 6.07) is 13.1. The quantitative estimate of drug-likeness (QED) is 0.718. The number of nitrogens with zero attached hydrogens (tertiary/aromatic N) is 2. The van der Waals surface area contributed by atoms with Gasteiger partial charge in [-0.1, -0.05) is 25.1 Å². The second-order valence-corrected chi connectivity index (χ2v) is 10.2. The van der Waals surface area contributed by atoms with E-state index in [4.69, 9.17) is 0 Å². The van der Waals surface area contributed by atoms with E-state index in [0.29, 0.717) is 0 Å². The lowest BCUT2D eigenvalue weighted by molar-refractivity contribution is 0.423. The third-order valence-corrected chi connectivity index (χ3v) is 7.06. The zero-order chi connectivity index (χ0) is 19.5. The van der Waals surface area contributed by atoms with Crippen molar-refractivity contribution >= 4 is 25.5 Å². The molecule has 2 aromatic rings. The fraction of sp³-hybridized carbons (Fsp3) is 0.333. The molecular formula is C18H24N2O4S2. The highest BCUT2D eigenvalue weighted by molar-refractivity contribution is 7.91. The molecule has 0 atom stereocenters. The van der Waals surface area contributed by atoms with E-state index in [1.807, 2.05) is 43.3 Å². The lowest BCUT2D eigenvalue weighted by Crippen LogP contribution is -2.30. The van der Waals surface area contributed by atoms with Crippen LogP contribution in [-0.4, -0.2) is 48.0 Å². The van der Waals surface area contributed by atoms with Crippen LogP contribution in [0.25, 0.3) is 0 Å². The minimum atomic E-state index is -3.80. The third kappa shape index (κ3) is 4.63. The molecule has 0 amide bonds. The average molecular weight is 397 g/mol. The molecule has 0 unspecified atom stereocenters. The van der Waals surface area contributed by atoms with E-state index in [1.165, 1.54) is 28.6 Å². The van der Waals surface area contributed by atoms with Crippen LogP contribution in [-0.2, 0) is 26.4 Å². The van der Waals surface area contributed by atoms with Crippen molar-refractivity contribution in [2.45, 2.75) is 23.3 Å². The maximum atomic E-state index is 12.9. The highest BCUT2D eigenvalue weighted by Crippen LogP contribution is 2.22. The van der Waals surface area contributed by atoms with E-state index in [0.717, 1.165) is 17.5 Å². The number of anilines is 1. The van der Waals surface area contributed by atoms with E-state index in [9.17, 15) is 16.8 Å². The number of hydrogen-bond acceptors (Lipinski definition) is 5. The van der Waals surface area contributed by atoms with Crippen molar-refractivity contribution in [3.63, 3.8) is 0 Å². The fourth-order valence-electron chi connectivity index (χ4n) is 2.48. The van der Waals surface area contributed by atoms with Crippen molar-refractivity contribution in [1.29, 1.82) is 0 Å². The zero-order valence-electron chi connectivity index (χ0n) is 15.4. The van der Waals surface area contributed by atoms with Gasteiger partial charge in [0.1, 0.15) is 0 Å². The van der Waals surface area contributed by atoms with Crippen LogP contribution in [0.2, 0.25) is 0 Å². The van der Waals surface area contributed by atoms with Gasteiger partial charge in [-0.05, 0) is 35.9 Å². The molecule has 0 saturated carbocycles. The van der Waals surface area contributed by atoms with Gasteiger partial charge in [-0.15, -0.1) is 0 Å². The van der Waals surface area contributed by atoms with Gasteiger partial charge in [-0.25, -0.2) is 16.8 Å². The highest BCUT2D eigenvalue weighted by Gasteiger charge is 2.24. The summed E-state index contributed by atoms with van der Waals surface area (Å²) in [7, 11) is -3.40. The minimum absolute atomic E-state index is 0.00929. The van der Waals surface area contributed by atoms with Gasteiger partial charge in [0.2, 0.25) is 10.0 Å². The Kier molecular flexibility index (Phi) is 6.10. The van der Waals surface area contributed by atoms with E-state index in [1.54, 1.807) is 6.92 Å². The van der Waals surface area contributed by atoms with Crippen molar-refractivity contribution in [2.75, 3.05) is 31.8 Å². The van der Waals surface area contributed by atoms with Gasteiger partial charge < -0.3 is 4.90 Å². The number of benzene rings is 2.